The van der Waals surface area contributed by atoms with Crippen molar-refractivity contribution in [2.45, 2.75) is 20.5 Å². The van der Waals surface area contributed by atoms with Gasteiger partial charge in [0.2, 0.25) is 0 Å². The number of rotatable bonds is 5. The zero-order valence-corrected chi connectivity index (χ0v) is 20.6. The van der Waals surface area contributed by atoms with Crippen LogP contribution in [0.15, 0.2) is 89.8 Å². The summed E-state index contributed by atoms with van der Waals surface area (Å²) in [5.74, 6) is 0.697. The third-order valence-corrected chi connectivity index (χ3v) is 7.24. The normalized spacial score (nSPS) is 14.9. The van der Waals surface area contributed by atoms with Crippen molar-refractivity contribution in [3.05, 3.63) is 112 Å². The molecule has 1 amide bonds. The van der Waals surface area contributed by atoms with Gasteiger partial charge in [-0.05, 0) is 83.3 Å². The lowest BCUT2D eigenvalue weighted by atomic mass is 10.1. The molecule has 1 heterocycles. The summed E-state index contributed by atoms with van der Waals surface area (Å²) in [6, 6.07) is 28.4. The van der Waals surface area contributed by atoms with Gasteiger partial charge in [-0.3, -0.25) is 9.69 Å². The Morgan fingerprint density at radius 2 is 1.65 bits per heavy atom. The first-order chi connectivity index (χ1) is 16.5. The van der Waals surface area contributed by atoms with E-state index in [-0.39, 0.29) is 5.91 Å². The van der Waals surface area contributed by atoms with Crippen molar-refractivity contribution in [2.75, 3.05) is 4.90 Å². The number of carbonyl (C=O) groups is 1. The highest BCUT2D eigenvalue weighted by Crippen LogP contribution is 2.36. The van der Waals surface area contributed by atoms with Crippen molar-refractivity contribution >= 4 is 56.7 Å². The molecule has 3 nitrogen and oxygen atoms in total. The summed E-state index contributed by atoms with van der Waals surface area (Å²) >= 11 is 6.84. The second kappa shape index (κ2) is 9.45. The minimum Gasteiger partial charge on any atom is -0.489 e. The Balaban J connectivity index is 1.27. The average Bonchev–Trinajstić information content (AvgIpc) is 3.12. The van der Waals surface area contributed by atoms with Crippen molar-refractivity contribution < 1.29 is 9.53 Å². The summed E-state index contributed by atoms with van der Waals surface area (Å²) in [4.78, 5) is 15.3. The number of aryl methyl sites for hydroxylation is 2. The van der Waals surface area contributed by atoms with E-state index in [1.54, 1.807) is 4.90 Å². The maximum Gasteiger partial charge on any atom is 0.270 e. The zero-order chi connectivity index (χ0) is 23.7. The average molecular weight is 482 g/mol. The summed E-state index contributed by atoms with van der Waals surface area (Å²) in [5, 5.41) is 2.43. The van der Waals surface area contributed by atoms with Crippen molar-refractivity contribution in [1.82, 2.24) is 0 Å². The summed E-state index contributed by atoms with van der Waals surface area (Å²) in [6.45, 7) is 4.59. The van der Waals surface area contributed by atoms with Crippen molar-refractivity contribution in [1.29, 1.82) is 0 Å². The molecule has 1 fully saturated rings. The molecule has 5 rings (SSSR count). The van der Waals surface area contributed by atoms with Gasteiger partial charge in [0.05, 0.1) is 10.6 Å². The zero-order valence-electron chi connectivity index (χ0n) is 18.9. The maximum atomic E-state index is 13.1. The molecule has 1 aliphatic rings. The molecule has 0 N–H and O–H groups in total. The van der Waals surface area contributed by atoms with Gasteiger partial charge in [0.25, 0.3) is 5.91 Å². The first-order valence-corrected chi connectivity index (χ1v) is 12.3. The van der Waals surface area contributed by atoms with E-state index in [2.05, 4.69) is 37.3 Å². The number of hydrogen-bond acceptors (Lipinski definition) is 4. The lowest BCUT2D eigenvalue weighted by Gasteiger charge is -2.15. The fourth-order valence-electron chi connectivity index (χ4n) is 3.86. The van der Waals surface area contributed by atoms with Crippen molar-refractivity contribution in [3.63, 3.8) is 0 Å². The fraction of sp³-hybridized carbons (Fsp3) is 0.103. The number of fused-ring (bicyclic) bond motifs is 1. The molecule has 0 aliphatic carbocycles. The number of thioether (sulfide) groups is 1. The van der Waals surface area contributed by atoms with Crippen LogP contribution in [0.1, 0.15) is 22.3 Å². The van der Waals surface area contributed by atoms with Crippen LogP contribution in [0, 0.1) is 13.8 Å². The van der Waals surface area contributed by atoms with Gasteiger partial charge in [-0.15, -0.1) is 0 Å². The van der Waals surface area contributed by atoms with Crippen LogP contribution in [-0.2, 0) is 11.4 Å². The van der Waals surface area contributed by atoms with Crippen LogP contribution >= 0.6 is 24.0 Å². The molecule has 168 valence electrons. The van der Waals surface area contributed by atoms with E-state index in [0.29, 0.717) is 15.8 Å². The molecular formula is C29H23NO2S2. The molecule has 4 aromatic carbocycles. The maximum absolute atomic E-state index is 13.1. The molecule has 4 aromatic rings. The van der Waals surface area contributed by atoms with E-state index in [0.717, 1.165) is 28.1 Å². The van der Waals surface area contributed by atoms with Crippen LogP contribution in [0.5, 0.6) is 5.75 Å². The molecule has 0 atom stereocenters. The van der Waals surface area contributed by atoms with Gasteiger partial charge in [-0.2, -0.15) is 0 Å². The number of ether oxygens (including phenoxy) is 1. The molecule has 0 unspecified atom stereocenters. The largest absolute Gasteiger partial charge is 0.489 e. The molecule has 0 saturated carbocycles. The van der Waals surface area contributed by atoms with E-state index < -0.39 is 0 Å². The quantitative estimate of drug-likeness (QED) is 0.219. The highest BCUT2D eigenvalue weighted by Gasteiger charge is 2.33. The first kappa shape index (κ1) is 22.4. The van der Waals surface area contributed by atoms with Gasteiger partial charge < -0.3 is 4.74 Å². The third-order valence-electron chi connectivity index (χ3n) is 5.94. The number of anilines is 1. The second-order valence-corrected chi connectivity index (χ2v) is 10.0. The molecular weight excluding hydrogens is 458 g/mol. The molecule has 0 bridgehead atoms. The molecule has 5 heteroatoms. The van der Waals surface area contributed by atoms with E-state index in [4.69, 9.17) is 17.0 Å². The molecule has 0 spiro atoms. The minimum atomic E-state index is -0.0881. The highest BCUT2D eigenvalue weighted by atomic mass is 32.2. The van der Waals surface area contributed by atoms with Crippen LogP contribution in [0.2, 0.25) is 0 Å². The summed E-state index contributed by atoms with van der Waals surface area (Å²) < 4.78 is 6.53. The Morgan fingerprint density at radius 1 is 0.882 bits per heavy atom. The van der Waals surface area contributed by atoms with Gasteiger partial charge in [0.1, 0.15) is 12.4 Å². The van der Waals surface area contributed by atoms with E-state index in [1.165, 1.54) is 28.1 Å². The van der Waals surface area contributed by atoms with Gasteiger partial charge >= 0.3 is 0 Å². The molecule has 1 aliphatic heterocycles. The van der Waals surface area contributed by atoms with Crippen LogP contribution in [0.4, 0.5) is 5.69 Å². The Labute approximate surface area is 209 Å². The number of amides is 1. The van der Waals surface area contributed by atoms with Gasteiger partial charge in [-0.25, -0.2) is 0 Å². The lowest BCUT2D eigenvalue weighted by Crippen LogP contribution is -2.27. The van der Waals surface area contributed by atoms with Crippen LogP contribution in [0.25, 0.3) is 16.8 Å². The van der Waals surface area contributed by atoms with Crippen molar-refractivity contribution in [3.8, 4) is 5.75 Å². The molecule has 34 heavy (non-hydrogen) atoms. The Bertz CT molecular complexity index is 1440. The minimum absolute atomic E-state index is 0.0881. The Morgan fingerprint density at radius 3 is 2.41 bits per heavy atom. The summed E-state index contributed by atoms with van der Waals surface area (Å²) in [5.41, 5.74) is 5.19. The summed E-state index contributed by atoms with van der Waals surface area (Å²) in [7, 11) is 0. The highest BCUT2D eigenvalue weighted by molar-refractivity contribution is 8.27. The number of benzene rings is 4. The Hall–Kier alpha value is -3.41. The van der Waals surface area contributed by atoms with Crippen LogP contribution in [-0.4, -0.2) is 10.2 Å². The first-order valence-electron chi connectivity index (χ1n) is 11.0. The predicted octanol–water partition coefficient (Wildman–Crippen LogP) is 7.44. The lowest BCUT2D eigenvalue weighted by molar-refractivity contribution is -0.113. The van der Waals surface area contributed by atoms with Gasteiger partial charge in [0.15, 0.2) is 4.32 Å². The van der Waals surface area contributed by atoms with Crippen LogP contribution < -0.4 is 9.64 Å². The van der Waals surface area contributed by atoms with E-state index in [9.17, 15) is 4.79 Å². The smallest absolute Gasteiger partial charge is 0.270 e. The molecule has 0 aromatic heterocycles. The Kier molecular flexibility index (Phi) is 6.22. The van der Waals surface area contributed by atoms with Crippen LogP contribution in [0.3, 0.4) is 0 Å². The topological polar surface area (TPSA) is 29.5 Å². The molecule has 1 saturated heterocycles. The monoisotopic (exact) mass is 481 g/mol. The fourth-order valence-corrected chi connectivity index (χ4v) is 5.16. The number of hydrogen-bond donors (Lipinski definition) is 0. The van der Waals surface area contributed by atoms with E-state index in [1.807, 2.05) is 67.6 Å². The van der Waals surface area contributed by atoms with Crippen molar-refractivity contribution in [2.24, 2.45) is 0 Å². The standard InChI is InChI=1S/C29H23NO2S2/c1-19-7-12-25(15-20(19)2)30-28(31)27(34-29(30)33)17-21-9-13-26(14-10-21)32-18-22-8-11-23-5-3-4-6-24(23)16-22/h3-17H,18H2,1-2H3/b27-17-. The second-order valence-electron chi connectivity index (χ2n) is 8.32. The SMILES string of the molecule is Cc1ccc(N2C(=O)/C(=C/c3ccc(OCc4ccc5ccccc5c4)cc3)SC2=S)cc1C. The molecule has 0 radical (unpaired) electrons. The third kappa shape index (κ3) is 4.63. The van der Waals surface area contributed by atoms with Gasteiger partial charge in [-0.1, -0.05) is 78.6 Å². The number of carbonyl (C=O) groups excluding carboxylic acids is 1. The predicted molar refractivity (Wildman–Crippen MR) is 146 cm³/mol. The summed E-state index contributed by atoms with van der Waals surface area (Å²) in [6.07, 6.45) is 1.88. The number of nitrogens with zero attached hydrogens (tertiary/aromatic N) is 1. The number of thiocarbonyl (C=S) groups is 1. The van der Waals surface area contributed by atoms with Gasteiger partial charge in [0, 0.05) is 0 Å². The van der Waals surface area contributed by atoms with E-state index >= 15 is 0 Å².